The van der Waals surface area contributed by atoms with Gasteiger partial charge in [-0.25, -0.2) is 0 Å². The minimum atomic E-state index is -0.310. The number of nitrogens with two attached hydrogens (primary N) is 1. The Hall–Kier alpha value is -0.580. The number of aliphatic hydroxyl groups excluding tert-OH is 1. The molecular weight excluding hydrogens is 306 g/mol. The second-order valence-electron chi connectivity index (χ2n) is 5.46. The van der Waals surface area contributed by atoms with E-state index < -0.39 is 0 Å². The highest BCUT2D eigenvalue weighted by atomic mass is 79.9. The van der Waals surface area contributed by atoms with Gasteiger partial charge in [0.05, 0.1) is 13.2 Å². The fraction of sp³-hybridized carbons (Fsp3) is 0.600. The summed E-state index contributed by atoms with van der Waals surface area (Å²) in [5.74, 6) is 0.869. The molecule has 0 radical (unpaired) electrons. The van der Waals surface area contributed by atoms with Crippen LogP contribution in [0.5, 0.6) is 5.75 Å². The van der Waals surface area contributed by atoms with Gasteiger partial charge in [0.25, 0.3) is 0 Å². The maximum Gasteiger partial charge on any atom is 0.122 e. The number of ether oxygens (including phenoxy) is 1. The topological polar surface area (TPSA) is 55.5 Å². The molecule has 1 aromatic rings. The van der Waals surface area contributed by atoms with Crippen LogP contribution in [0.2, 0.25) is 0 Å². The van der Waals surface area contributed by atoms with Gasteiger partial charge in [-0.2, -0.15) is 0 Å². The number of benzene rings is 1. The Labute approximate surface area is 123 Å². The SMILES string of the molecule is COc1ccc(Br)cc1CC1(CN)CCCCC1O. The molecule has 2 atom stereocenters. The number of methoxy groups -OCH3 is 1. The Morgan fingerprint density at radius 3 is 2.89 bits per heavy atom. The van der Waals surface area contributed by atoms with Gasteiger partial charge in [0.1, 0.15) is 5.75 Å². The van der Waals surface area contributed by atoms with E-state index in [1.165, 1.54) is 0 Å². The molecule has 1 saturated carbocycles. The lowest BCUT2D eigenvalue weighted by Gasteiger charge is -2.41. The summed E-state index contributed by atoms with van der Waals surface area (Å²) in [6.07, 6.45) is 4.54. The largest absolute Gasteiger partial charge is 0.496 e. The van der Waals surface area contributed by atoms with E-state index in [0.29, 0.717) is 6.54 Å². The number of aliphatic hydroxyl groups is 1. The summed E-state index contributed by atoms with van der Waals surface area (Å²) < 4.78 is 6.45. The number of hydrogen-bond acceptors (Lipinski definition) is 3. The molecule has 0 heterocycles. The molecule has 0 amide bonds. The minimum Gasteiger partial charge on any atom is -0.496 e. The zero-order chi connectivity index (χ0) is 13.9. The first-order valence-electron chi connectivity index (χ1n) is 6.82. The minimum absolute atomic E-state index is 0.202. The molecule has 0 aliphatic heterocycles. The van der Waals surface area contributed by atoms with E-state index in [9.17, 15) is 5.11 Å². The maximum absolute atomic E-state index is 10.4. The molecule has 19 heavy (non-hydrogen) atoms. The smallest absolute Gasteiger partial charge is 0.122 e. The van der Waals surface area contributed by atoms with Crippen LogP contribution in [0.25, 0.3) is 0 Å². The first-order valence-corrected chi connectivity index (χ1v) is 7.61. The Morgan fingerprint density at radius 2 is 2.26 bits per heavy atom. The Balaban J connectivity index is 2.29. The summed E-state index contributed by atoms with van der Waals surface area (Å²) in [6, 6.07) is 5.99. The van der Waals surface area contributed by atoms with E-state index in [1.54, 1.807) is 7.11 Å². The fourth-order valence-electron chi connectivity index (χ4n) is 3.07. The predicted molar refractivity (Wildman–Crippen MR) is 80.4 cm³/mol. The molecule has 0 aromatic heterocycles. The Morgan fingerprint density at radius 1 is 1.47 bits per heavy atom. The third kappa shape index (κ3) is 3.12. The van der Waals surface area contributed by atoms with Crippen LogP contribution in [0, 0.1) is 5.41 Å². The van der Waals surface area contributed by atoms with Crippen molar-refractivity contribution in [2.45, 2.75) is 38.2 Å². The molecule has 2 rings (SSSR count). The van der Waals surface area contributed by atoms with Gasteiger partial charge in [0, 0.05) is 16.4 Å². The number of hydrogen-bond donors (Lipinski definition) is 2. The summed E-state index contributed by atoms with van der Waals surface area (Å²) in [7, 11) is 1.68. The van der Waals surface area contributed by atoms with Crippen LogP contribution >= 0.6 is 15.9 Å². The van der Waals surface area contributed by atoms with E-state index in [0.717, 1.165) is 47.9 Å². The molecule has 4 heteroatoms. The average Bonchev–Trinajstić information content (AvgIpc) is 2.42. The van der Waals surface area contributed by atoms with Crippen LogP contribution in [0.1, 0.15) is 31.2 Å². The molecule has 0 saturated heterocycles. The van der Waals surface area contributed by atoms with Crippen LogP contribution in [0.4, 0.5) is 0 Å². The summed E-state index contributed by atoms with van der Waals surface area (Å²) >= 11 is 3.50. The van der Waals surface area contributed by atoms with E-state index in [4.69, 9.17) is 10.5 Å². The van der Waals surface area contributed by atoms with Crippen molar-refractivity contribution in [1.82, 2.24) is 0 Å². The van der Waals surface area contributed by atoms with E-state index in [2.05, 4.69) is 22.0 Å². The van der Waals surface area contributed by atoms with Gasteiger partial charge < -0.3 is 15.6 Å². The molecule has 3 N–H and O–H groups in total. The summed E-state index contributed by atoms with van der Waals surface area (Å²) in [4.78, 5) is 0. The van der Waals surface area contributed by atoms with Crippen LogP contribution in [0.15, 0.2) is 22.7 Å². The predicted octanol–water partition coefficient (Wildman–Crippen LogP) is 2.88. The molecule has 2 unspecified atom stereocenters. The molecule has 106 valence electrons. The Kier molecular flexibility index (Phi) is 4.87. The summed E-state index contributed by atoms with van der Waals surface area (Å²) in [5.41, 5.74) is 6.91. The lowest BCUT2D eigenvalue weighted by atomic mass is 9.68. The van der Waals surface area contributed by atoms with Gasteiger partial charge in [0.15, 0.2) is 0 Å². The van der Waals surface area contributed by atoms with Crippen LogP contribution in [-0.2, 0) is 6.42 Å². The zero-order valence-electron chi connectivity index (χ0n) is 11.4. The van der Waals surface area contributed by atoms with Crippen molar-refractivity contribution in [3.05, 3.63) is 28.2 Å². The van der Waals surface area contributed by atoms with Crippen molar-refractivity contribution in [3.63, 3.8) is 0 Å². The highest BCUT2D eigenvalue weighted by Crippen LogP contribution is 2.40. The molecule has 0 bridgehead atoms. The second-order valence-corrected chi connectivity index (χ2v) is 6.38. The van der Waals surface area contributed by atoms with Gasteiger partial charge in [-0.3, -0.25) is 0 Å². The molecule has 1 aromatic carbocycles. The lowest BCUT2D eigenvalue weighted by molar-refractivity contribution is -0.00614. The molecule has 0 spiro atoms. The normalized spacial score (nSPS) is 27.3. The average molecular weight is 328 g/mol. The van der Waals surface area contributed by atoms with Crippen molar-refractivity contribution >= 4 is 15.9 Å². The molecular formula is C15H22BrNO2. The zero-order valence-corrected chi connectivity index (χ0v) is 12.9. The third-order valence-corrected chi connectivity index (χ3v) is 4.79. The van der Waals surface area contributed by atoms with E-state index in [1.807, 2.05) is 12.1 Å². The standard InChI is InChI=1S/C15H22BrNO2/c1-19-13-6-5-12(16)8-11(13)9-15(10-17)7-3-2-4-14(15)18/h5-6,8,14,18H,2-4,7,9-10,17H2,1H3. The number of halogens is 1. The summed E-state index contributed by atoms with van der Waals surface area (Å²) in [6.45, 7) is 0.518. The monoisotopic (exact) mass is 327 g/mol. The quantitative estimate of drug-likeness (QED) is 0.894. The van der Waals surface area contributed by atoms with Crippen LogP contribution in [-0.4, -0.2) is 24.9 Å². The van der Waals surface area contributed by atoms with Gasteiger partial charge in [-0.05, 0) is 43.0 Å². The van der Waals surface area contributed by atoms with Crippen molar-refractivity contribution < 1.29 is 9.84 Å². The molecule has 3 nitrogen and oxygen atoms in total. The molecule has 1 aliphatic carbocycles. The van der Waals surface area contributed by atoms with Crippen LogP contribution < -0.4 is 10.5 Å². The van der Waals surface area contributed by atoms with Gasteiger partial charge in [-0.15, -0.1) is 0 Å². The van der Waals surface area contributed by atoms with E-state index in [-0.39, 0.29) is 11.5 Å². The van der Waals surface area contributed by atoms with Gasteiger partial charge >= 0.3 is 0 Å². The summed E-state index contributed by atoms with van der Waals surface area (Å²) in [5, 5.41) is 10.4. The first-order chi connectivity index (χ1) is 9.11. The molecule has 1 aliphatic rings. The number of rotatable bonds is 4. The highest BCUT2D eigenvalue weighted by molar-refractivity contribution is 9.10. The first kappa shape index (κ1) is 14.8. The lowest BCUT2D eigenvalue weighted by Crippen LogP contribution is -2.45. The molecule has 1 fully saturated rings. The van der Waals surface area contributed by atoms with Crippen molar-refractivity contribution in [2.24, 2.45) is 11.1 Å². The maximum atomic E-state index is 10.4. The van der Waals surface area contributed by atoms with Gasteiger partial charge in [0.2, 0.25) is 0 Å². The van der Waals surface area contributed by atoms with Crippen molar-refractivity contribution in [2.75, 3.05) is 13.7 Å². The van der Waals surface area contributed by atoms with Gasteiger partial charge in [-0.1, -0.05) is 28.8 Å². The second kappa shape index (κ2) is 6.25. The van der Waals surface area contributed by atoms with Crippen molar-refractivity contribution in [1.29, 1.82) is 0 Å². The van der Waals surface area contributed by atoms with E-state index >= 15 is 0 Å². The Bertz CT molecular complexity index is 438. The third-order valence-electron chi connectivity index (χ3n) is 4.30. The fourth-order valence-corrected chi connectivity index (χ4v) is 3.48. The van der Waals surface area contributed by atoms with Crippen molar-refractivity contribution in [3.8, 4) is 5.75 Å². The highest BCUT2D eigenvalue weighted by Gasteiger charge is 2.39. The van der Waals surface area contributed by atoms with Crippen LogP contribution in [0.3, 0.4) is 0 Å².